The van der Waals surface area contributed by atoms with Crippen LogP contribution in [0.25, 0.3) is 5.57 Å². The highest BCUT2D eigenvalue weighted by atomic mass is 16.3. The smallest absolute Gasteiger partial charge is 0.139 e. The molecule has 2 atom stereocenters. The van der Waals surface area contributed by atoms with Gasteiger partial charge in [0.1, 0.15) is 5.78 Å². The monoisotopic (exact) mass is 394 g/mol. The van der Waals surface area contributed by atoms with Crippen LogP contribution in [0.15, 0.2) is 60.7 Å². The average Bonchev–Trinajstić information content (AvgIpc) is 2.75. The van der Waals surface area contributed by atoms with Crippen LogP contribution in [0.1, 0.15) is 71.1 Å². The largest absolute Gasteiger partial charge is 0.387 e. The van der Waals surface area contributed by atoms with Gasteiger partial charge in [0.2, 0.25) is 0 Å². The highest BCUT2D eigenvalue weighted by Gasteiger charge is 2.46. The molecule has 1 N–H and O–H groups in total. The summed E-state index contributed by atoms with van der Waals surface area (Å²) in [7, 11) is 0. The van der Waals surface area contributed by atoms with Gasteiger partial charge in [0.25, 0.3) is 0 Å². The summed E-state index contributed by atoms with van der Waals surface area (Å²) in [5.74, 6) is 0.0753. The van der Waals surface area contributed by atoms with Crippen LogP contribution in [0, 0.1) is 5.41 Å². The molecule has 0 saturated carbocycles. The highest BCUT2D eigenvalue weighted by Crippen LogP contribution is 2.44. The fourth-order valence-corrected chi connectivity index (χ4v) is 3.75. The van der Waals surface area contributed by atoms with E-state index in [-0.39, 0.29) is 5.78 Å². The summed E-state index contributed by atoms with van der Waals surface area (Å²) in [5.41, 5.74) is 3.88. The molecule has 0 amide bonds. The zero-order valence-electron chi connectivity index (χ0n) is 19.0. The standard InChI is InChI=1S/C16H20O2.C8H10.C3H8/c1-4-13-14-9-7-6-8-12(14)10-16(5-2,11(3)17)15(13)18;1-2-8-6-4-3-5-7-8;1-3-2/h4,6-9,15,18H,5,10H2,1-3H3;3-7H,2H2,1H3;3H2,1-2H3. The van der Waals surface area contributed by atoms with Gasteiger partial charge >= 0.3 is 0 Å². The predicted molar refractivity (Wildman–Crippen MR) is 125 cm³/mol. The number of allylic oxidation sites excluding steroid dienone is 1. The molecule has 2 heteroatoms. The van der Waals surface area contributed by atoms with Crippen molar-refractivity contribution in [2.75, 3.05) is 0 Å². The number of carbonyl (C=O) groups excluding carboxylic acids is 1. The first-order chi connectivity index (χ1) is 13.9. The molecule has 0 aromatic heterocycles. The molecule has 0 saturated heterocycles. The minimum absolute atomic E-state index is 0.0753. The lowest BCUT2D eigenvalue weighted by molar-refractivity contribution is -0.131. The summed E-state index contributed by atoms with van der Waals surface area (Å²) >= 11 is 0. The van der Waals surface area contributed by atoms with Crippen LogP contribution >= 0.6 is 0 Å². The van der Waals surface area contributed by atoms with Gasteiger partial charge in [-0.05, 0) is 55.4 Å². The summed E-state index contributed by atoms with van der Waals surface area (Å²) in [6, 6.07) is 18.5. The number of aryl methyl sites for hydroxylation is 1. The third-order valence-corrected chi connectivity index (χ3v) is 5.55. The minimum Gasteiger partial charge on any atom is -0.387 e. The minimum atomic E-state index is -0.695. The Hall–Kier alpha value is -2.19. The number of aliphatic hydroxyl groups excluding tert-OH is 1. The van der Waals surface area contributed by atoms with E-state index in [4.69, 9.17) is 0 Å². The van der Waals surface area contributed by atoms with Crippen LogP contribution in [0.5, 0.6) is 0 Å². The number of benzene rings is 2. The van der Waals surface area contributed by atoms with Crippen LogP contribution in [-0.2, 0) is 17.6 Å². The summed E-state index contributed by atoms with van der Waals surface area (Å²) in [4.78, 5) is 12.0. The highest BCUT2D eigenvalue weighted by molar-refractivity contribution is 5.89. The molecule has 0 spiro atoms. The normalized spacial score (nSPS) is 21.2. The van der Waals surface area contributed by atoms with E-state index in [0.717, 1.165) is 23.1 Å². The van der Waals surface area contributed by atoms with Gasteiger partial charge in [-0.1, -0.05) is 94.8 Å². The number of ketones is 1. The second kappa shape index (κ2) is 12.4. The van der Waals surface area contributed by atoms with Crippen LogP contribution < -0.4 is 0 Å². The third-order valence-electron chi connectivity index (χ3n) is 5.55. The van der Waals surface area contributed by atoms with Crippen molar-refractivity contribution in [2.24, 2.45) is 5.41 Å². The molecule has 2 aromatic carbocycles. The SMILES string of the molecule is CC=C1c2ccccc2CC(CC)(C(C)=O)C1O.CCC.CCc1ccccc1. The molecule has 0 radical (unpaired) electrons. The lowest BCUT2D eigenvalue weighted by Crippen LogP contribution is -2.46. The van der Waals surface area contributed by atoms with E-state index in [1.165, 1.54) is 12.0 Å². The quantitative estimate of drug-likeness (QED) is 0.632. The maximum Gasteiger partial charge on any atom is 0.139 e. The maximum atomic E-state index is 12.0. The first-order valence-corrected chi connectivity index (χ1v) is 10.9. The number of carbonyl (C=O) groups is 1. The Bertz CT molecular complexity index is 776. The van der Waals surface area contributed by atoms with E-state index in [9.17, 15) is 9.90 Å². The molecule has 0 aliphatic heterocycles. The topological polar surface area (TPSA) is 37.3 Å². The Morgan fingerprint density at radius 1 is 1.03 bits per heavy atom. The summed E-state index contributed by atoms with van der Waals surface area (Å²) < 4.78 is 0. The number of aliphatic hydroxyl groups is 1. The van der Waals surface area contributed by atoms with Crippen molar-refractivity contribution in [2.45, 2.75) is 73.3 Å². The zero-order valence-corrected chi connectivity index (χ0v) is 19.0. The Labute approximate surface area is 177 Å². The molecule has 29 heavy (non-hydrogen) atoms. The molecule has 0 heterocycles. The molecule has 2 nitrogen and oxygen atoms in total. The molecular weight excluding hydrogens is 356 g/mol. The van der Waals surface area contributed by atoms with Gasteiger partial charge in [-0.15, -0.1) is 0 Å². The van der Waals surface area contributed by atoms with Gasteiger partial charge in [0.05, 0.1) is 11.5 Å². The van der Waals surface area contributed by atoms with Crippen LogP contribution in [0.3, 0.4) is 0 Å². The second-order valence-corrected chi connectivity index (χ2v) is 7.59. The van der Waals surface area contributed by atoms with Crippen LogP contribution in [-0.4, -0.2) is 17.0 Å². The van der Waals surface area contributed by atoms with E-state index in [1.807, 2.05) is 44.2 Å². The fourth-order valence-electron chi connectivity index (χ4n) is 3.75. The summed E-state index contributed by atoms with van der Waals surface area (Å²) in [5, 5.41) is 10.6. The van der Waals surface area contributed by atoms with Crippen molar-refractivity contribution >= 4 is 11.4 Å². The number of Topliss-reactive ketones (excluding diaryl/α,β-unsaturated/α-hetero) is 1. The third kappa shape index (κ3) is 6.14. The van der Waals surface area contributed by atoms with Gasteiger partial charge in [-0.25, -0.2) is 0 Å². The summed E-state index contributed by atoms with van der Waals surface area (Å²) in [6.07, 6.45) is 4.92. The first kappa shape index (κ1) is 24.8. The van der Waals surface area contributed by atoms with Gasteiger partial charge < -0.3 is 5.11 Å². The molecule has 2 aromatic rings. The number of hydrogen-bond donors (Lipinski definition) is 1. The van der Waals surface area contributed by atoms with Crippen molar-refractivity contribution in [3.8, 4) is 0 Å². The molecule has 1 aliphatic carbocycles. The van der Waals surface area contributed by atoms with Crippen molar-refractivity contribution in [1.29, 1.82) is 0 Å². The Morgan fingerprint density at radius 3 is 2.03 bits per heavy atom. The Kier molecular flexibility index (Phi) is 10.6. The lowest BCUT2D eigenvalue weighted by atomic mass is 9.64. The number of fused-ring (bicyclic) bond motifs is 1. The average molecular weight is 395 g/mol. The second-order valence-electron chi connectivity index (χ2n) is 7.59. The van der Waals surface area contributed by atoms with Crippen molar-refractivity contribution in [3.05, 3.63) is 77.4 Å². The zero-order chi connectivity index (χ0) is 21.9. The van der Waals surface area contributed by atoms with Gasteiger partial charge in [-0.3, -0.25) is 4.79 Å². The molecular formula is C27H38O2. The number of hydrogen-bond acceptors (Lipinski definition) is 2. The van der Waals surface area contributed by atoms with E-state index < -0.39 is 11.5 Å². The lowest BCUT2D eigenvalue weighted by Gasteiger charge is -2.41. The fraction of sp³-hybridized carbons (Fsp3) is 0.444. The molecule has 0 bridgehead atoms. The van der Waals surface area contributed by atoms with E-state index in [0.29, 0.717) is 12.8 Å². The van der Waals surface area contributed by atoms with Crippen molar-refractivity contribution in [3.63, 3.8) is 0 Å². The molecule has 2 unspecified atom stereocenters. The van der Waals surface area contributed by atoms with Crippen molar-refractivity contribution < 1.29 is 9.90 Å². The van der Waals surface area contributed by atoms with E-state index >= 15 is 0 Å². The van der Waals surface area contributed by atoms with Gasteiger partial charge in [-0.2, -0.15) is 0 Å². The summed E-state index contributed by atoms with van der Waals surface area (Å²) in [6.45, 7) is 11.9. The Balaban J connectivity index is 0.000000317. The van der Waals surface area contributed by atoms with Gasteiger partial charge in [0, 0.05) is 0 Å². The molecule has 158 valence electrons. The maximum absolute atomic E-state index is 12.0. The predicted octanol–water partition coefficient (Wildman–Crippen LogP) is 6.66. The first-order valence-electron chi connectivity index (χ1n) is 10.9. The van der Waals surface area contributed by atoms with Crippen LogP contribution in [0.2, 0.25) is 0 Å². The number of rotatable bonds is 3. The van der Waals surface area contributed by atoms with Crippen molar-refractivity contribution in [1.82, 2.24) is 0 Å². The molecule has 0 fully saturated rings. The van der Waals surface area contributed by atoms with E-state index in [1.54, 1.807) is 6.92 Å². The van der Waals surface area contributed by atoms with E-state index in [2.05, 4.69) is 51.1 Å². The Morgan fingerprint density at radius 2 is 1.59 bits per heavy atom. The van der Waals surface area contributed by atoms with Crippen LogP contribution in [0.4, 0.5) is 0 Å². The molecule has 1 aliphatic rings. The van der Waals surface area contributed by atoms with Gasteiger partial charge in [0.15, 0.2) is 0 Å². The molecule has 3 rings (SSSR count).